The second kappa shape index (κ2) is 8.05. The highest BCUT2D eigenvalue weighted by Gasteiger charge is 2.22. The van der Waals surface area contributed by atoms with E-state index in [0.29, 0.717) is 18.9 Å². The van der Waals surface area contributed by atoms with Gasteiger partial charge in [0.15, 0.2) is 0 Å². The summed E-state index contributed by atoms with van der Waals surface area (Å²) in [6.07, 6.45) is 5.20. The van der Waals surface area contributed by atoms with Crippen LogP contribution in [0.25, 0.3) is 0 Å². The summed E-state index contributed by atoms with van der Waals surface area (Å²) in [6, 6.07) is 10.6. The molecule has 1 atom stereocenters. The molecule has 1 aromatic rings. The van der Waals surface area contributed by atoms with Crippen LogP contribution >= 0.6 is 0 Å². The predicted octanol–water partition coefficient (Wildman–Crippen LogP) is 2.89. The van der Waals surface area contributed by atoms with Crippen molar-refractivity contribution in [2.24, 2.45) is 5.92 Å². The summed E-state index contributed by atoms with van der Waals surface area (Å²) in [5, 5.41) is 0. The van der Waals surface area contributed by atoms with Crippen molar-refractivity contribution in [3.63, 3.8) is 0 Å². The first-order valence-corrected chi connectivity index (χ1v) is 7.60. The monoisotopic (exact) mass is 275 g/mol. The summed E-state index contributed by atoms with van der Waals surface area (Å²) in [7, 11) is 1.64. The van der Waals surface area contributed by atoms with Gasteiger partial charge in [0, 0.05) is 20.2 Å². The summed E-state index contributed by atoms with van der Waals surface area (Å²) >= 11 is 0. The number of hydrogen-bond acceptors (Lipinski definition) is 2. The van der Waals surface area contributed by atoms with Gasteiger partial charge in [-0.15, -0.1) is 0 Å². The maximum Gasteiger partial charge on any atom is 0.224 e. The number of nitrogens with zero attached hydrogens (tertiary/aromatic N) is 1. The van der Waals surface area contributed by atoms with Gasteiger partial charge in [-0.05, 0) is 37.2 Å². The van der Waals surface area contributed by atoms with Crippen LogP contribution in [0.1, 0.15) is 31.2 Å². The average Bonchev–Trinajstić information content (AvgIpc) is 2.52. The molecule has 1 amide bonds. The van der Waals surface area contributed by atoms with Gasteiger partial charge >= 0.3 is 0 Å². The second-order valence-corrected chi connectivity index (χ2v) is 5.62. The molecular weight excluding hydrogens is 250 g/mol. The van der Waals surface area contributed by atoms with Crippen molar-refractivity contribution in [1.29, 1.82) is 0 Å². The Morgan fingerprint density at radius 1 is 1.35 bits per heavy atom. The minimum atomic E-state index is 0.247. The van der Waals surface area contributed by atoms with Crippen LogP contribution in [0.15, 0.2) is 30.3 Å². The second-order valence-electron chi connectivity index (χ2n) is 5.62. The van der Waals surface area contributed by atoms with E-state index in [2.05, 4.69) is 30.3 Å². The van der Waals surface area contributed by atoms with Crippen LogP contribution in [-0.2, 0) is 16.0 Å². The van der Waals surface area contributed by atoms with Crippen molar-refractivity contribution in [1.82, 2.24) is 4.90 Å². The van der Waals surface area contributed by atoms with E-state index >= 15 is 0 Å². The van der Waals surface area contributed by atoms with E-state index in [1.807, 2.05) is 4.90 Å². The molecule has 1 heterocycles. The summed E-state index contributed by atoms with van der Waals surface area (Å²) in [4.78, 5) is 14.0. The summed E-state index contributed by atoms with van der Waals surface area (Å²) in [5.41, 5.74) is 1.40. The fourth-order valence-electron chi connectivity index (χ4n) is 2.89. The summed E-state index contributed by atoms with van der Waals surface area (Å²) < 4.78 is 4.99. The standard InChI is InChI=1S/C17H25NO2/c1-20-13-11-17(19)18-12-5-8-16(14-18)10-9-15-6-3-2-4-7-15/h2-4,6-7,16H,5,8-14H2,1H3/t16-/m0/s1. The number of amides is 1. The molecule has 0 aliphatic carbocycles. The highest BCUT2D eigenvalue weighted by Crippen LogP contribution is 2.22. The van der Waals surface area contributed by atoms with Gasteiger partial charge in [0.2, 0.25) is 5.91 Å². The van der Waals surface area contributed by atoms with Crippen LogP contribution in [0.3, 0.4) is 0 Å². The molecular formula is C17H25NO2. The Morgan fingerprint density at radius 3 is 2.90 bits per heavy atom. The van der Waals surface area contributed by atoms with Crippen LogP contribution in [0.4, 0.5) is 0 Å². The SMILES string of the molecule is COCCC(=O)N1CCC[C@@H](CCc2ccccc2)C1. The molecule has 0 unspecified atom stereocenters. The maximum absolute atomic E-state index is 12.0. The van der Waals surface area contributed by atoms with Crippen molar-refractivity contribution >= 4 is 5.91 Å². The van der Waals surface area contributed by atoms with E-state index in [4.69, 9.17) is 4.74 Å². The highest BCUT2D eigenvalue weighted by atomic mass is 16.5. The predicted molar refractivity (Wildman–Crippen MR) is 80.6 cm³/mol. The van der Waals surface area contributed by atoms with Gasteiger partial charge in [-0.1, -0.05) is 30.3 Å². The van der Waals surface area contributed by atoms with E-state index in [-0.39, 0.29) is 5.91 Å². The molecule has 1 aliphatic rings. The van der Waals surface area contributed by atoms with Crippen molar-refractivity contribution in [3.05, 3.63) is 35.9 Å². The molecule has 0 radical (unpaired) electrons. The topological polar surface area (TPSA) is 29.5 Å². The lowest BCUT2D eigenvalue weighted by molar-refractivity contribution is -0.134. The number of methoxy groups -OCH3 is 1. The highest BCUT2D eigenvalue weighted by molar-refractivity contribution is 5.76. The van der Waals surface area contributed by atoms with Crippen LogP contribution in [-0.4, -0.2) is 37.6 Å². The number of hydrogen-bond donors (Lipinski definition) is 0. The molecule has 0 N–H and O–H groups in total. The summed E-state index contributed by atoms with van der Waals surface area (Å²) in [5.74, 6) is 0.895. The molecule has 0 saturated carbocycles. The van der Waals surface area contributed by atoms with Crippen molar-refractivity contribution in [2.45, 2.75) is 32.1 Å². The van der Waals surface area contributed by atoms with Crippen LogP contribution < -0.4 is 0 Å². The number of carbonyl (C=O) groups is 1. The third kappa shape index (κ3) is 4.64. The molecule has 2 rings (SSSR count). The van der Waals surface area contributed by atoms with E-state index < -0.39 is 0 Å². The fourth-order valence-corrected chi connectivity index (χ4v) is 2.89. The van der Waals surface area contributed by atoms with Crippen molar-refractivity contribution < 1.29 is 9.53 Å². The Hall–Kier alpha value is -1.35. The molecule has 0 bridgehead atoms. The minimum absolute atomic E-state index is 0.247. The Labute approximate surface area is 121 Å². The van der Waals surface area contributed by atoms with Gasteiger partial charge in [-0.2, -0.15) is 0 Å². The molecule has 1 aliphatic heterocycles. The first-order valence-electron chi connectivity index (χ1n) is 7.60. The Bertz CT molecular complexity index is 405. The maximum atomic E-state index is 12.0. The van der Waals surface area contributed by atoms with E-state index in [9.17, 15) is 4.79 Å². The number of likely N-dealkylation sites (tertiary alicyclic amines) is 1. The minimum Gasteiger partial charge on any atom is -0.384 e. The number of aryl methyl sites for hydroxylation is 1. The number of rotatable bonds is 6. The van der Waals surface area contributed by atoms with Gasteiger partial charge in [0.05, 0.1) is 13.0 Å². The zero-order valence-electron chi connectivity index (χ0n) is 12.4. The number of ether oxygens (including phenoxy) is 1. The molecule has 0 spiro atoms. The molecule has 3 heteroatoms. The Balaban J connectivity index is 1.77. The zero-order chi connectivity index (χ0) is 14.2. The Kier molecular flexibility index (Phi) is 6.06. The third-order valence-electron chi connectivity index (χ3n) is 4.08. The lowest BCUT2D eigenvalue weighted by Gasteiger charge is -2.33. The van der Waals surface area contributed by atoms with Gasteiger partial charge in [-0.3, -0.25) is 4.79 Å². The largest absolute Gasteiger partial charge is 0.384 e. The van der Waals surface area contributed by atoms with Crippen molar-refractivity contribution in [2.75, 3.05) is 26.8 Å². The number of carbonyl (C=O) groups excluding carboxylic acids is 1. The lowest BCUT2D eigenvalue weighted by Crippen LogP contribution is -2.40. The van der Waals surface area contributed by atoms with Gasteiger partial charge in [0.1, 0.15) is 0 Å². The van der Waals surface area contributed by atoms with Crippen molar-refractivity contribution in [3.8, 4) is 0 Å². The van der Waals surface area contributed by atoms with Gasteiger partial charge in [0.25, 0.3) is 0 Å². The first kappa shape index (κ1) is 15.0. The lowest BCUT2D eigenvalue weighted by atomic mass is 9.91. The quantitative estimate of drug-likeness (QED) is 0.799. The van der Waals surface area contributed by atoms with E-state index in [1.54, 1.807) is 7.11 Å². The third-order valence-corrected chi connectivity index (χ3v) is 4.08. The molecule has 3 nitrogen and oxygen atoms in total. The van der Waals surface area contributed by atoms with Crippen LogP contribution in [0.2, 0.25) is 0 Å². The van der Waals surface area contributed by atoms with Crippen LogP contribution in [0, 0.1) is 5.92 Å². The number of benzene rings is 1. The smallest absolute Gasteiger partial charge is 0.224 e. The van der Waals surface area contributed by atoms with Gasteiger partial charge < -0.3 is 9.64 Å². The summed E-state index contributed by atoms with van der Waals surface area (Å²) in [6.45, 7) is 2.38. The number of piperidine rings is 1. The Morgan fingerprint density at radius 2 is 2.15 bits per heavy atom. The molecule has 110 valence electrons. The van der Waals surface area contributed by atoms with Gasteiger partial charge in [-0.25, -0.2) is 0 Å². The van der Waals surface area contributed by atoms with Crippen LogP contribution in [0.5, 0.6) is 0 Å². The average molecular weight is 275 g/mol. The first-order chi connectivity index (χ1) is 9.79. The fraction of sp³-hybridized carbons (Fsp3) is 0.588. The molecule has 20 heavy (non-hydrogen) atoms. The van der Waals surface area contributed by atoms with E-state index in [0.717, 1.165) is 25.9 Å². The molecule has 1 fully saturated rings. The molecule has 1 aromatic carbocycles. The van der Waals surface area contributed by atoms with E-state index in [1.165, 1.54) is 18.4 Å². The zero-order valence-corrected chi connectivity index (χ0v) is 12.4. The molecule has 1 saturated heterocycles. The normalized spacial score (nSPS) is 19.1. The molecule has 0 aromatic heterocycles.